The number of ether oxygens (including phenoxy) is 1. The van der Waals surface area contributed by atoms with Crippen molar-refractivity contribution in [1.82, 2.24) is 4.90 Å². The van der Waals surface area contributed by atoms with Crippen LogP contribution in [0.15, 0.2) is 0 Å². The second-order valence-electron chi connectivity index (χ2n) is 5.59. The van der Waals surface area contributed by atoms with E-state index < -0.39 is 0 Å². The summed E-state index contributed by atoms with van der Waals surface area (Å²) < 4.78 is 5.97. The van der Waals surface area contributed by atoms with Crippen LogP contribution < -0.4 is 0 Å². The Hall–Kier alpha value is -0.0800. The molecule has 3 saturated heterocycles. The summed E-state index contributed by atoms with van der Waals surface area (Å²) in [7, 11) is 0. The third-order valence-corrected chi connectivity index (χ3v) is 4.75. The largest absolute Gasteiger partial charge is 0.377 e. The quantitative estimate of drug-likeness (QED) is 0.693. The molecule has 0 aliphatic carbocycles. The van der Waals surface area contributed by atoms with Crippen LogP contribution in [0, 0.1) is 0 Å². The van der Waals surface area contributed by atoms with Gasteiger partial charge in [-0.1, -0.05) is 13.3 Å². The van der Waals surface area contributed by atoms with Gasteiger partial charge >= 0.3 is 0 Å². The molecule has 0 aromatic rings. The highest BCUT2D eigenvalue weighted by molar-refractivity contribution is 5.09. The molecule has 3 aliphatic heterocycles. The van der Waals surface area contributed by atoms with Crippen LogP contribution in [0.3, 0.4) is 0 Å². The zero-order valence-corrected chi connectivity index (χ0v) is 9.87. The number of nitrogens with zero attached hydrogens (tertiary/aromatic N) is 1. The first-order valence-corrected chi connectivity index (χ1v) is 6.74. The fraction of sp³-hybridized carbons (Fsp3) is 1.00. The lowest BCUT2D eigenvalue weighted by atomic mass is 9.88. The SMILES string of the molecule is CCC[C@]12CCCN1[C@@H]1CCCO[C@@H]1C2. The summed E-state index contributed by atoms with van der Waals surface area (Å²) in [5, 5.41) is 0. The Bertz CT molecular complexity index is 243. The molecule has 3 rings (SSSR count). The van der Waals surface area contributed by atoms with Crippen LogP contribution in [0.25, 0.3) is 0 Å². The van der Waals surface area contributed by atoms with Gasteiger partial charge < -0.3 is 4.74 Å². The van der Waals surface area contributed by atoms with E-state index >= 15 is 0 Å². The summed E-state index contributed by atoms with van der Waals surface area (Å²) in [6.45, 7) is 4.68. The van der Waals surface area contributed by atoms with Crippen molar-refractivity contribution in [2.45, 2.75) is 69.6 Å². The molecule has 3 heterocycles. The molecule has 3 fully saturated rings. The summed E-state index contributed by atoms with van der Waals surface area (Å²) in [6.07, 6.45) is 10.1. The summed E-state index contributed by atoms with van der Waals surface area (Å²) in [4.78, 5) is 2.82. The first-order chi connectivity index (χ1) is 7.36. The second kappa shape index (κ2) is 3.74. The average molecular weight is 209 g/mol. The number of hydrogen-bond acceptors (Lipinski definition) is 2. The summed E-state index contributed by atoms with van der Waals surface area (Å²) in [5.74, 6) is 0. The van der Waals surface area contributed by atoms with E-state index in [-0.39, 0.29) is 0 Å². The van der Waals surface area contributed by atoms with Gasteiger partial charge in [0.1, 0.15) is 0 Å². The predicted octanol–water partition coefficient (Wildman–Crippen LogP) is 2.57. The molecule has 0 radical (unpaired) electrons. The fourth-order valence-corrected chi connectivity index (χ4v) is 4.28. The monoisotopic (exact) mass is 209 g/mol. The van der Waals surface area contributed by atoms with Gasteiger partial charge in [0.05, 0.1) is 6.10 Å². The van der Waals surface area contributed by atoms with Crippen molar-refractivity contribution >= 4 is 0 Å². The average Bonchev–Trinajstić information content (AvgIpc) is 2.73. The molecule has 0 aromatic carbocycles. The van der Waals surface area contributed by atoms with Crippen LogP contribution in [0.2, 0.25) is 0 Å². The van der Waals surface area contributed by atoms with E-state index in [0.717, 1.165) is 12.6 Å². The van der Waals surface area contributed by atoms with Gasteiger partial charge in [0.15, 0.2) is 0 Å². The Kier molecular flexibility index (Phi) is 2.52. The summed E-state index contributed by atoms with van der Waals surface area (Å²) in [5.41, 5.74) is 0.550. The van der Waals surface area contributed by atoms with E-state index in [0.29, 0.717) is 11.6 Å². The maximum atomic E-state index is 5.97. The highest BCUT2D eigenvalue weighted by Gasteiger charge is 2.53. The Labute approximate surface area is 93.0 Å². The van der Waals surface area contributed by atoms with Crippen LogP contribution in [0.1, 0.15) is 51.9 Å². The molecule has 0 amide bonds. The lowest BCUT2D eigenvalue weighted by molar-refractivity contribution is -0.0111. The maximum absolute atomic E-state index is 5.97. The standard InChI is InChI=1S/C13H23NO/c1-2-6-13-7-4-8-14(13)11-5-3-9-15-12(11)10-13/h11-12H,2-10H2,1H3/t11-,12-,13-/m1/s1. The molecule has 0 N–H and O–H groups in total. The van der Waals surface area contributed by atoms with Crippen LogP contribution in [0.5, 0.6) is 0 Å². The smallest absolute Gasteiger partial charge is 0.0748 e. The van der Waals surface area contributed by atoms with Gasteiger partial charge in [0.25, 0.3) is 0 Å². The molecule has 15 heavy (non-hydrogen) atoms. The Balaban J connectivity index is 1.82. The van der Waals surface area contributed by atoms with Crippen molar-refractivity contribution in [3.05, 3.63) is 0 Å². The normalized spacial score (nSPS) is 45.4. The summed E-state index contributed by atoms with van der Waals surface area (Å²) in [6, 6.07) is 0.771. The van der Waals surface area contributed by atoms with Gasteiger partial charge in [0, 0.05) is 18.2 Å². The highest BCUT2D eigenvalue weighted by atomic mass is 16.5. The minimum absolute atomic E-state index is 0.550. The first kappa shape index (κ1) is 10.1. The molecule has 86 valence electrons. The van der Waals surface area contributed by atoms with E-state index in [4.69, 9.17) is 4.74 Å². The Morgan fingerprint density at radius 2 is 2.33 bits per heavy atom. The highest BCUT2D eigenvalue weighted by Crippen LogP contribution is 2.48. The van der Waals surface area contributed by atoms with Crippen LogP contribution in [-0.4, -0.2) is 35.7 Å². The van der Waals surface area contributed by atoms with Crippen LogP contribution >= 0.6 is 0 Å². The van der Waals surface area contributed by atoms with E-state index in [1.807, 2.05) is 0 Å². The van der Waals surface area contributed by atoms with Crippen molar-refractivity contribution in [3.63, 3.8) is 0 Å². The molecular formula is C13H23NO. The van der Waals surface area contributed by atoms with E-state index in [9.17, 15) is 0 Å². The molecular weight excluding hydrogens is 186 g/mol. The molecule has 3 aliphatic rings. The lowest BCUT2D eigenvalue weighted by Crippen LogP contribution is -2.44. The van der Waals surface area contributed by atoms with Crippen LogP contribution in [0.4, 0.5) is 0 Å². The van der Waals surface area contributed by atoms with Crippen molar-refractivity contribution < 1.29 is 4.74 Å². The molecule has 3 atom stereocenters. The van der Waals surface area contributed by atoms with E-state index in [1.54, 1.807) is 0 Å². The van der Waals surface area contributed by atoms with Gasteiger partial charge in [-0.2, -0.15) is 0 Å². The molecule has 0 bridgehead atoms. The number of fused-ring (bicyclic) bond motifs is 3. The number of hydrogen-bond donors (Lipinski definition) is 0. The molecule has 2 nitrogen and oxygen atoms in total. The van der Waals surface area contributed by atoms with Crippen LogP contribution in [-0.2, 0) is 4.74 Å². The van der Waals surface area contributed by atoms with Gasteiger partial charge in [0.2, 0.25) is 0 Å². The topological polar surface area (TPSA) is 12.5 Å². The van der Waals surface area contributed by atoms with Crippen molar-refractivity contribution in [1.29, 1.82) is 0 Å². The molecule has 0 spiro atoms. The third kappa shape index (κ3) is 1.45. The predicted molar refractivity (Wildman–Crippen MR) is 61.0 cm³/mol. The van der Waals surface area contributed by atoms with E-state index in [1.165, 1.54) is 51.5 Å². The molecule has 2 heteroatoms. The second-order valence-corrected chi connectivity index (χ2v) is 5.59. The fourth-order valence-electron chi connectivity index (χ4n) is 4.28. The molecule has 0 unspecified atom stereocenters. The Morgan fingerprint density at radius 1 is 1.40 bits per heavy atom. The molecule has 0 saturated carbocycles. The summed E-state index contributed by atoms with van der Waals surface area (Å²) >= 11 is 0. The lowest BCUT2D eigenvalue weighted by Gasteiger charge is -2.35. The van der Waals surface area contributed by atoms with Gasteiger partial charge in [-0.3, -0.25) is 4.90 Å². The zero-order valence-electron chi connectivity index (χ0n) is 9.87. The first-order valence-electron chi connectivity index (χ1n) is 6.74. The minimum atomic E-state index is 0.550. The van der Waals surface area contributed by atoms with Gasteiger partial charge in [-0.25, -0.2) is 0 Å². The molecule has 0 aromatic heterocycles. The zero-order chi connectivity index (χ0) is 10.3. The van der Waals surface area contributed by atoms with Crippen molar-refractivity contribution in [2.75, 3.05) is 13.2 Å². The van der Waals surface area contributed by atoms with Gasteiger partial charge in [-0.05, 0) is 45.1 Å². The Morgan fingerprint density at radius 3 is 3.20 bits per heavy atom. The van der Waals surface area contributed by atoms with Gasteiger partial charge in [-0.15, -0.1) is 0 Å². The van der Waals surface area contributed by atoms with Crippen molar-refractivity contribution in [3.8, 4) is 0 Å². The van der Waals surface area contributed by atoms with E-state index in [2.05, 4.69) is 11.8 Å². The number of rotatable bonds is 2. The third-order valence-electron chi connectivity index (χ3n) is 4.75. The van der Waals surface area contributed by atoms with Crippen molar-refractivity contribution in [2.24, 2.45) is 0 Å². The maximum Gasteiger partial charge on any atom is 0.0748 e. The minimum Gasteiger partial charge on any atom is -0.377 e.